The van der Waals surface area contributed by atoms with Crippen LogP contribution in [0.5, 0.6) is 0 Å². The fourth-order valence-corrected chi connectivity index (χ4v) is 2.75. The molecule has 1 unspecified atom stereocenters. The number of hydrogen-bond donors (Lipinski definition) is 2. The maximum absolute atomic E-state index is 5.58. The van der Waals surface area contributed by atoms with Crippen LogP contribution in [-0.4, -0.2) is 38.9 Å². The van der Waals surface area contributed by atoms with E-state index in [-0.39, 0.29) is 0 Å². The molecule has 0 saturated carbocycles. The Morgan fingerprint density at radius 2 is 2.06 bits per heavy atom. The molecule has 2 N–H and O–H groups in total. The maximum atomic E-state index is 5.58. The zero-order chi connectivity index (χ0) is 11.1. The molecule has 0 amide bonds. The Morgan fingerprint density at radius 1 is 1.19 bits per heavy atom. The van der Waals surface area contributed by atoms with E-state index in [1.165, 1.54) is 58.2 Å². The van der Waals surface area contributed by atoms with Crippen LogP contribution in [0.25, 0.3) is 0 Å². The van der Waals surface area contributed by atoms with Crippen LogP contribution >= 0.6 is 0 Å². The average molecular weight is 226 g/mol. The van der Waals surface area contributed by atoms with Gasteiger partial charge in [0.2, 0.25) is 0 Å². The summed E-state index contributed by atoms with van der Waals surface area (Å²) in [6.45, 7) is 5.67. The molecule has 0 radical (unpaired) electrons. The lowest BCUT2D eigenvalue weighted by Crippen LogP contribution is -2.29. The van der Waals surface area contributed by atoms with Crippen molar-refractivity contribution in [2.24, 2.45) is 5.92 Å². The van der Waals surface area contributed by atoms with E-state index in [0.717, 1.165) is 19.1 Å². The molecule has 0 aromatic carbocycles. The van der Waals surface area contributed by atoms with E-state index in [0.29, 0.717) is 6.10 Å². The fourth-order valence-electron chi connectivity index (χ4n) is 2.75. The minimum absolute atomic E-state index is 0.499. The number of hydrogen-bond acceptors (Lipinski definition) is 3. The largest absolute Gasteiger partial charge is 0.377 e. The summed E-state index contributed by atoms with van der Waals surface area (Å²) in [4.78, 5) is 0. The molecule has 2 heterocycles. The van der Waals surface area contributed by atoms with E-state index >= 15 is 0 Å². The Balaban J connectivity index is 1.42. The lowest BCUT2D eigenvalue weighted by atomic mass is 9.93. The van der Waals surface area contributed by atoms with Crippen molar-refractivity contribution in [1.82, 2.24) is 10.6 Å². The highest BCUT2D eigenvalue weighted by molar-refractivity contribution is 4.70. The van der Waals surface area contributed by atoms with Crippen molar-refractivity contribution in [3.8, 4) is 0 Å². The van der Waals surface area contributed by atoms with E-state index < -0.39 is 0 Å². The Labute approximate surface area is 99.3 Å². The van der Waals surface area contributed by atoms with Crippen molar-refractivity contribution in [1.29, 1.82) is 0 Å². The van der Waals surface area contributed by atoms with Crippen LogP contribution in [0.4, 0.5) is 0 Å². The summed E-state index contributed by atoms with van der Waals surface area (Å²) in [7, 11) is 0. The van der Waals surface area contributed by atoms with Gasteiger partial charge in [-0.1, -0.05) is 0 Å². The van der Waals surface area contributed by atoms with Gasteiger partial charge in [0.25, 0.3) is 0 Å². The highest BCUT2D eigenvalue weighted by Gasteiger charge is 2.15. The molecule has 94 valence electrons. The van der Waals surface area contributed by atoms with Gasteiger partial charge in [0, 0.05) is 13.2 Å². The Hall–Kier alpha value is -0.120. The zero-order valence-electron chi connectivity index (χ0n) is 10.3. The van der Waals surface area contributed by atoms with Crippen molar-refractivity contribution in [3.05, 3.63) is 0 Å². The first-order valence-electron chi connectivity index (χ1n) is 6.98. The average Bonchev–Trinajstić information content (AvgIpc) is 2.83. The van der Waals surface area contributed by atoms with Crippen LogP contribution < -0.4 is 10.6 Å². The SMILES string of the molecule is C(CNCC1CCCO1)CC1CCNCC1. The number of rotatable bonds is 6. The van der Waals surface area contributed by atoms with Gasteiger partial charge in [-0.15, -0.1) is 0 Å². The zero-order valence-corrected chi connectivity index (χ0v) is 10.3. The van der Waals surface area contributed by atoms with Crippen LogP contribution in [-0.2, 0) is 4.74 Å². The van der Waals surface area contributed by atoms with Crippen molar-refractivity contribution in [2.75, 3.05) is 32.8 Å². The molecule has 0 aromatic heterocycles. The molecule has 0 spiro atoms. The first kappa shape index (κ1) is 12.3. The van der Waals surface area contributed by atoms with Crippen LogP contribution in [0, 0.1) is 5.92 Å². The van der Waals surface area contributed by atoms with E-state index in [1.807, 2.05) is 0 Å². The number of piperidine rings is 1. The van der Waals surface area contributed by atoms with Crippen molar-refractivity contribution in [2.45, 2.75) is 44.6 Å². The Bertz CT molecular complexity index is 175. The Kier molecular flexibility index (Phi) is 5.59. The summed E-state index contributed by atoms with van der Waals surface area (Å²) < 4.78 is 5.58. The molecule has 2 fully saturated rings. The predicted molar refractivity (Wildman–Crippen MR) is 66.7 cm³/mol. The molecule has 2 aliphatic rings. The quantitative estimate of drug-likeness (QED) is 0.674. The molecule has 2 saturated heterocycles. The normalized spacial score (nSPS) is 27.4. The molecule has 1 atom stereocenters. The molecular formula is C13H26N2O. The summed E-state index contributed by atoms with van der Waals surface area (Å²) in [5, 5.41) is 6.95. The minimum atomic E-state index is 0.499. The van der Waals surface area contributed by atoms with Gasteiger partial charge < -0.3 is 15.4 Å². The number of nitrogens with one attached hydrogen (secondary N) is 2. The van der Waals surface area contributed by atoms with Gasteiger partial charge in [-0.3, -0.25) is 0 Å². The van der Waals surface area contributed by atoms with Crippen LogP contribution in [0.1, 0.15) is 38.5 Å². The van der Waals surface area contributed by atoms with Crippen LogP contribution in [0.3, 0.4) is 0 Å². The summed E-state index contributed by atoms with van der Waals surface area (Å²) in [5.74, 6) is 0.978. The monoisotopic (exact) mass is 226 g/mol. The smallest absolute Gasteiger partial charge is 0.0700 e. The molecule has 2 aliphatic heterocycles. The van der Waals surface area contributed by atoms with Gasteiger partial charge in [-0.05, 0) is 64.1 Å². The standard InChI is InChI=1S/C13H26N2O/c1(3-12-5-8-14-9-6-12)7-15-11-13-4-2-10-16-13/h12-15H,1-11H2. The second-order valence-corrected chi connectivity index (χ2v) is 5.17. The molecule has 0 bridgehead atoms. The maximum Gasteiger partial charge on any atom is 0.0700 e. The van der Waals surface area contributed by atoms with Crippen molar-refractivity contribution in [3.63, 3.8) is 0 Å². The molecule has 0 aliphatic carbocycles. The first-order chi connectivity index (χ1) is 7.95. The highest BCUT2D eigenvalue weighted by atomic mass is 16.5. The van der Waals surface area contributed by atoms with Crippen LogP contribution in [0.15, 0.2) is 0 Å². The van der Waals surface area contributed by atoms with E-state index in [4.69, 9.17) is 4.74 Å². The third-order valence-electron chi connectivity index (χ3n) is 3.82. The summed E-state index contributed by atoms with van der Waals surface area (Å²) in [5.41, 5.74) is 0. The van der Waals surface area contributed by atoms with Gasteiger partial charge in [-0.2, -0.15) is 0 Å². The lowest BCUT2D eigenvalue weighted by Gasteiger charge is -2.22. The summed E-state index contributed by atoms with van der Waals surface area (Å²) in [6, 6.07) is 0. The third kappa shape index (κ3) is 4.40. The summed E-state index contributed by atoms with van der Waals surface area (Å²) >= 11 is 0. The van der Waals surface area contributed by atoms with Crippen molar-refractivity contribution >= 4 is 0 Å². The molecular weight excluding hydrogens is 200 g/mol. The summed E-state index contributed by atoms with van der Waals surface area (Å²) in [6.07, 6.45) is 8.50. The van der Waals surface area contributed by atoms with Crippen molar-refractivity contribution < 1.29 is 4.74 Å². The van der Waals surface area contributed by atoms with Gasteiger partial charge in [0.1, 0.15) is 0 Å². The first-order valence-corrected chi connectivity index (χ1v) is 6.98. The van der Waals surface area contributed by atoms with E-state index in [9.17, 15) is 0 Å². The molecule has 3 nitrogen and oxygen atoms in total. The predicted octanol–water partition coefficient (Wildman–Crippen LogP) is 1.53. The molecule has 2 rings (SSSR count). The van der Waals surface area contributed by atoms with E-state index in [1.54, 1.807) is 0 Å². The minimum Gasteiger partial charge on any atom is -0.377 e. The van der Waals surface area contributed by atoms with Gasteiger partial charge in [-0.25, -0.2) is 0 Å². The second kappa shape index (κ2) is 7.25. The van der Waals surface area contributed by atoms with Gasteiger partial charge in [0.05, 0.1) is 6.10 Å². The lowest BCUT2D eigenvalue weighted by molar-refractivity contribution is 0.110. The third-order valence-corrected chi connectivity index (χ3v) is 3.82. The molecule has 3 heteroatoms. The molecule has 0 aromatic rings. The number of ether oxygens (including phenoxy) is 1. The highest BCUT2D eigenvalue weighted by Crippen LogP contribution is 2.17. The molecule has 16 heavy (non-hydrogen) atoms. The topological polar surface area (TPSA) is 33.3 Å². The van der Waals surface area contributed by atoms with E-state index in [2.05, 4.69) is 10.6 Å². The van der Waals surface area contributed by atoms with Gasteiger partial charge >= 0.3 is 0 Å². The van der Waals surface area contributed by atoms with Gasteiger partial charge in [0.15, 0.2) is 0 Å². The van der Waals surface area contributed by atoms with Crippen LogP contribution in [0.2, 0.25) is 0 Å². The fraction of sp³-hybridized carbons (Fsp3) is 1.00. The Morgan fingerprint density at radius 3 is 2.81 bits per heavy atom. The second-order valence-electron chi connectivity index (χ2n) is 5.17.